The van der Waals surface area contributed by atoms with Gasteiger partial charge in [0.25, 0.3) is 11.5 Å². The Labute approximate surface area is 140 Å². The first-order valence-electron chi connectivity index (χ1n) is 8.66. The van der Waals surface area contributed by atoms with Gasteiger partial charge in [-0.15, -0.1) is 0 Å². The van der Waals surface area contributed by atoms with Crippen molar-refractivity contribution in [2.24, 2.45) is 7.05 Å². The van der Waals surface area contributed by atoms with Crippen LogP contribution in [0.25, 0.3) is 10.8 Å². The molecule has 1 aromatic heterocycles. The molecule has 0 unspecified atom stereocenters. The molecular weight excluding hydrogens is 304 g/mol. The van der Waals surface area contributed by atoms with Crippen molar-refractivity contribution >= 4 is 16.7 Å². The van der Waals surface area contributed by atoms with Gasteiger partial charge < -0.3 is 5.32 Å². The summed E-state index contributed by atoms with van der Waals surface area (Å²) in [5.74, 6) is -0.181. The second kappa shape index (κ2) is 6.02. The van der Waals surface area contributed by atoms with Crippen LogP contribution in [0.1, 0.15) is 36.2 Å². The minimum atomic E-state index is -0.181. The molecule has 1 amide bonds. The number of piperidine rings is 1. The lowest BCUT2D eigenvalue weighted by Crippen LogP contribution is -2.47. The maximum atomic E-state index is 12.8. The number of aryl methyl sites for hydroxylation is 1. The van der Waals surface area contributed by atoms with Gasteiger partial charge in [0, 0.05) is 31.1 Å². The van der Waals surface area contributed by atoms with Gasteiger partial charge in [-0.3, -0.25) is 14.5 Å². The molecule has 2 fully saturated rings. The largest absolute Gasteiger partial charge is 0.346 e. The molecule has 0 spiro atoms. The molecule has 0 saturated carbocycles. The zero-order valence-electron chi connectivity index (χ0n) is 13.9. The Morgan fingerprint density at radius 1 is 1.17 bits per heavy atom. The number of amides is 1. The Bertz CT molecular complexity index is 845. The van der Waals surface area contributed by atoms with Crippen molar-refractivity contribution in [1.82, 2.24) is 20.0 Å². The minimum absolute atomic E-state index is 0.176. The van der Waals surface area contributed by atoms with Gasteiger partial charge in [-0.1, -0.05) is 24.6 Å². The van der Waals surface area contributed by atoms with Crippen LogP contribution in [0.15, 0.2) is 29.1 Å². The Hall–Kier alpha value is -2.21. The van der Waals surface area contributed by atoms with Gasteiger partial charge in [-0.25, -0.2) is 4.68 Å². The highest BCUT2D eigenvalue weighted by molar-refractivity contribution is 6.04. The summed E-state index contributed by atoms with van der Waals surface area (Å²) in [6, 6.07) is 7.80. The van der Waals surface area contributed by atoms with Crippen molar-refractivity contribution < 1.29 is 4.79 Å². The van der Waals surface area contributed by atoms with E-state index < -0.39 is 0 Å². The van der Waals surface area contributed by atoms with Crippen LogP contribution < -0.4 is 10.9 Å². The van der Waals surface area contributed by atoms with Crippen LogP contribution in [0.3, 0.4) is 0 Å². The van der Waals surface area contributed by atoms with Crippen LogP contribution in [-0.2, 0) is 7.05 Å². The van der Waals surface area contributed by atoms with Crippen LogP contribution in [0, 0.1) is 0 Å². The maximum Gasteiger partial charge on any atom is 0.274 e. The summed E-state index contributed by atoms with van der Waals surface area (Å²) in [5, 5.41) is 8.56. The number of fused-ring (bicyclic) bond motifs is 2. The monoisotopic (exact) mass is 326 g/mol. The molecule has 0 radical (unpaired) electrons. The van der Waals surface area contributed by atoms with E-state index in [1.54, 1.807) is 19.2 Å². The molecule has 6 heteroatoms. The molecule has 2 aliphatic heterocycles. The zero-order valence-corrected chi connectivity index (χ0v) is 13.9. The first kappa shape index (κ1) is 15.3. The highest BCUT2D eigenvalue weighted by Crippen LogP contribution is 2.27. The number of nitrogens with one attached hydrogen (secondary N) is 1. The van der Waals surface area contributed by atoms with E-state index in [1.165, 1.54) is 17.5 Å². The predicted molar refractivity (Wildman–Crippen MR) is 92.1 cm³/mol. The molecule has 2 saturated heterocycles. The van der Waals surface area contributed by atoms with Crippen molar-refractivity contribution in [3.05, 3.63) is 40.3 Å². The Morgan fingerprint density at radius 2 is 1.96 bits per heavy atom. The van der Waals surface area contributed by atoms with E-state index in [9.17, 15) is 9.59 Å². The second-order valence-electron chi connectivity index (χ2n) is 6.79. The molecule has 0 aliphatic carbocycles. The highest BCUT2D eigenvalue weighted by atomic mass is 16.2. The summed E-state index contributed by atoms with van der Waals surface area (Å²) in [6.07, 6.45) is 4.62. The third-order valence-corrected chi connectivity index (χ3v) is 5.34. The van der Waals surface area contributed by atoms with Gasteiger partial charge >= 0.3 is 0 Å². The van der Waals surface area contributed by atoms with Crippen molar-refractivity contribution in [2.75, 3.05) is 13.1 Å². The molecule has 2 aromatic rings. The molecule has 0 bridgehead atoms. The fraction of sp³-hybridized carbons (Fsp3) is 0.500. The summed E-state index contributed by atoms with van der Waals surface area (Å²) >= 11 is 0. The van der Waals surface area contributed by atoms with Gasteiger partial charge in [0.2, 0.25) is 0 Å². The fourth-order valence-corrected chi connectivity index (χ4v) is 4.12. The number of rotatable bonds is 2. The standard InChI is InChI=1S/C18H22N4O2/c1-21-18(24)13-7-3-2-6-12(13)16(20-21)17(23)19-14-9-11-22-10-5-4-8-15(14)22/h2-3,6-7,14-15H,4-5,8-11H2,1H3,(H,19,23)/t14-,15-/m1/s1. The number of hydrogen-bond donors (Lipinski definition) is 1. The second-order valence-corrected chi connectivity index (χ2v) is 6.79. The summed E-state index contributed by atoms with van der Waals surface area (Å²) in [5.41, 5.74) is 0.156. The first-order chi connectivity index (χ1) is 11.6. The van der Waals surface area contributed by atoms with Gasteiger partial charge in [0.05, 0.1) is 5.39 Å². The molecule has 2 atom stereocenters. The molecule has 1 aromatic carbocycles. The Morgan fingerprint density at radius 3 is 2.79 bits per heavy atom. The number of nitrogens with zero attached hydrogens (tertiary/aromatic N) is 3. The molecule has 3 heterocycles. The van der Waals surface area contributed by atoms with Crippen LogP contribution in [0.4, 0.5) is 0 Å². The summed E-state index contributed by atoms with van der Waals surface area (Å²) in [4.78, 5) is 27.5. The number of hydrogen-bond acceptors (Lipinski definition) is 4. The lowest BCUT2D eigenvalue weighted by Gasteiger charge is -2.32. The van der Waals surface area contributed by atoms with Crippen molar-refractivity contribution in [1.29, 1.82) is 0 Å². The number of benzene rings is 1. The molecule has 1 N–H and O–H groups in total. The van der Waals surface area contributed by atoms with E-state index in [4.69, 9.17) is 0 Å². The van der Waals surface area contributed by atoms with Gasteiger partial charge in [0.15, 0.2) is 5.69 Å². The third-order valence-electron chi connectivity index (χ3n) is 5.34. The lowest BCUT2D eigenvalue weighted by atomic mass is 9.99. The normalized spacial score (nSPS) is 24.0. The topological polar surface area (TPSA) is 67.2 Å². The van der Waals surface area contributed by atoms with E-state index in [2.05, 4.69) is 15.3 Å². The van der Waals surface area contributed by atoms with Crippen LogP contribution in [0.5, 0.6) is 0 Å². The Kier molecular flexibility index (Phi) is 3.84. The summed E-state index contributed by atoms with van der Waals surface area (Å²) in [6.45, 7) is 2.19. The average Bonchev–Trinajstić information content (AvgIpc) is 3.01. The molecule has 6 nitrogen and oxygen atoms in total. The molecule has 4 rings (SSSR count). The fourth-order valence-electron chi connectivity index (χ4n) is 4.12. The van der Waals surface area contributed by atoms with E-state index in [0.717, 1.165) is 25.9 Å². The van der Waals surface area contributed by atoms with E-state index in [1.807, 2.05) is 12.1 Å². The van der Waals surface area contributed by atoms with Gasteiger partial charge in [0.1, 0.15) is 0 Å². The van der Waals surface area contributed by atoms with Gasteiger partial charge in [-0.2, -0.15) is 5.10 Å². The SMILES string of the molecule is Cn1nc(C(=O)N[C@@H]2CCN3CCCC[C@H]23)c2ccccc2c1=O. The van der Waals surface area contributed by atoms with Crippen LogP contribution in [-0.4, -0.2) is 45.8 Å². The van der Waals surface area contributed by atoms with Crippen LogP contribution >= 0.6 is 0 Å². The van der Waals surface area contributed by atoms with Gasteiger partial charge in [-0.05, 0) is 31.9 Å². The van der Waals surface area contributed by atoms with Crippen molar-refractivity contribution in [2.45, 2.75) is 37.8 Å². The molecule has 24 heavy (non-hydrogen) atoms. The van der Waals surface area contributed by atoms with E-state index in [-0.39, 0.29) is 17.5 Å². The smallest absolute Gasteiger partial charge is 0.274 e. The van der Waals surface area contributed by atoms with E-state index >= 15 is 0 Å². The molecule has 2 aliphatic rings. The average molecular weight is 326 g/mol. The summed E-state index contributed by atoms with van der Waals surface area (Å²) < 4.78 is 1.25. The van der Waals surface area contributed by atoms with Crippen LogP contribution in [0.2, 0.25) is 0 Å². The first-order valence-corrected chi connectivity index (χ1v) is 8.66. The highest BCUT2D eigenvalue weighted by Gasteiger charge is 2.36. The third kappa shape index (κ3) is 2.51. The number of aromatic nitrogens is 2. The summed E-state index contributed by atoms with van der Waals surface area (Å²) in [7, 11) is 1.59. The minimum Gasteiger partial charge on any atom is -0.346 e. The molecule has 126 valence electrons. The number of carbonyl (C=O) groups is 1. The zero-order chi connectivity index (χ0) is 16.7. The van der Waals surface area contributed by atoms with E-state index in [0.29, 0.717) is 22.5 Å². The quantitative estimate of drug-likeness (QED) is 0.903. The van der Waals surface area contributed by atoms with Crippen molar-refractivity contribution in [3.63, 3.8) is 0 Å². The van der Waals surface area contributed by atoms with Crippen molar-refractivity contribution in [3.8, 4) is 0 Å². The Balaban J connectivity index is 1.64. The lowest BCUT2D eigenvalue weighted by molar-refractivity contribution is 0.0910. The number of carbonyl (C=O) groups excluding carboxylic acids is 1. The molecular formula is C18H22N4O2. The predicted octanol–water partition coefficient (Wildman–Crippen LogP) is 1.29. The maximum absolute atomic E-state index is 12.8.